The zero-order chi connectivity index (χ0) is 11.3. The first-order valence-corrected chi connectivity index (χ1v) is 6.53. The largest absolute Gasteiger partial charge is 0.391 e. The van der Waals surface area contributed by atoms with Crippen molar-refractivity contribution in [2.75, 3.05) is 13.6 Å². The molecule has 0 aliphatic heterocycles. The normalized spacial score (nSPS) is 30.2. The molecule has 0 spiro atoms. The van der Waals surface area contributed by atoms with Gasteiger partial charge >= 0.3 is 0 Å². The van der Waals surface area contributed by atoms with Gasteiger partial charge in [0.15, 0.2) is 0 Å². The number of hydrogen-bond acceptors (Lipinski definition) is 2. The first-order valence-electron chi connectivity index (χ1n) is 6.53. The molecule has 0 aromatic heterocycles. The van der Waals surface area contributed by atoms with Crippen molar-refractivity contribution in [2.45, 2.75) is 64.5 Å². The van der Waals surface area contributed by atoms with Crippen LogP contribution in [0.15, 0.2) is 0 Å². The summed E-state index contributed by atoms with van der Waals surface area (Å²) in [6, 6.07) is 0.404. The Morgan fingerprint density at radius 2 is 1.93 bits per heavy atom. The van der Waals surface area contributed by atoms with Gasteiger partial charge in [0.1, 0.15) is 0 Å². The Morgan fingerprint density at radius 1 is 1.27 bits per heavy atom. The fraction of sp³-hybridized carbons (Fsp3) is 1.00. The van der Waals surface area contributed by atoms with Crippen LogP contribution in [-0.2, 0) is 0 Å². The number of aliphatic hydroxyl groups excluding tert-OH is 1. The maximum Gasteiger partial charge on any atom is 0.0695 e. The monoisotopic (exact) mass is 213 g/mol. The Kier molecular flexibility index (Phi) is 5.62. The molecule has 1 saturated carbocycles. The van der Waals surface area contributed by atoms with Crippen LogP contribution in [0.4, 0.5) is 0 Å². The summed E-state index contributed by atoms with van der Waals surface area (Å²) in [4.78, 5) is 2.38. The van der Waals surface area contributed by atoms with Gasteiger partial charge in [-0.1, -0.05) is 39.5 Å². The topological polar surface area (TPSA) is 23.5 Å². The molecule has 0 aromatic rings. The molecule has 0 saturated heterocycles. The lowest BCUT2D eigenvalue weighted by atomic mass is 10.0. The van der Waals surface area contributed by atoms with Crippen molar-refractivity contribution in [2.24, 2.45) is 5.92 Å². The van der Waals surface area contributed by atoms with Crippen molar-refractivity contribution in [3.05, 3.63) is 0 Å². The summed E-state index contributed by atoms with van der Waals surface area (Å²) in [6.07, 6.45) is 7.09. The van der Waals surface area contributed by atoms with E-state index in [0.29, 0.717) is 6.04 Å². The quantitative estimate of drug-likeness (QED) is 0.726. The minimum atomic E-state index is -0.0958. The summed E-state index contributed by atoms with van der Waals surface area (Å²) in [5.74, 6) is 0.741. The molecule has 0 aromatic carbocycles. The van der Waals surface area contributed by atoms with Gasteiger partial charge in [0, 0.05) is 12.6 Å². The molecule has 15 heavy (non-hydrogen) atoms. The molecule has 90 valence electrons. The molecule has 0 amide bonds. The minimum Gasteiger partial charge on any atom is -0.391 e. The molecule has 1 fully saturated rings. The molecule has 2 heteroatoms. The van der Waals surface area contributed by atoms with Crippen molar-refractivity contribution in [3.8, 4) is 0 Å². The third kappa shape index (κ3) is 4.12. The Labute approximate surface area is 94.7 Å². The highest BCUT2D eigenvalue weighted by molar-refractivity contribution is 4.80. The van der Waals surface area contributed by atoms with Gasteiger partial charge in [-0.3, -0.25) is 0 Å². The predicted molar refractivity (Wildman–Crippen MR) is 65.0 cm³/mol. The smallest absolute Gasteiger partial charge is 0.0695 e. The third-order valence-corrected chi connectivity index (χ3v) is 3.81. The van der Waals surface area contributed by atoms with Gasteiger partial charge in [-0.15, -0.1) is 0 Å². The lowest BCUT2D eigenvalue weighted by Gasteiger charge is -2.32. The van der Waals surface area contributed by atoms with E-state index in [1.54, 1.807) is 0 Å². The highest BCUT2D eigenvalue weighted by Crippen LogP contribution is 2.22. The van der Waals surface area contributed by atoms with E-state index < -0.39 is 0 Å². The second-order valence-electron chi connectivity index (χ2n) is 5.23. The van der Waals surface area contributed by atoms with Gasteiger partial charge in [0.25, 0.3) is 0 Å². The number of hydrogen-bond donors (Lipinski definition) is 1. The van der Waals surface area contributed by atoms with Gasteiger partial charge in [-0.2, -0.15) is 0 Å². The second kappa shape index (κ2) is 6.49. The van der Waals surface area contributed by atoms with Crippen LogP contribution in [0.25, 0.3) is 0 Å². The van der Waals surface area contributed by atoms with Crippen molar-refractivity contribution in [3.63, 3.8) is 0 Å². The third-order valence-electron chi connectivity index (χ3n) is 3.81. The zero-order valence-electron chi connectivity index (χ0n) is 10.6. The summed E-state index contributed by atoms with van der Waals surface area (Å²) in [5, 5.41) is 10.1. The van der Waals surface area contributed by atoms with Crippen LogP contribution in [0.2, 0.25) is 0 Å². The van der Waals surface area contributed by atoms with Gasteiger partial charge < -0.3 is 10.0 Å². The molecule has 1 rings (SSSR count). The van der Waals surface area contributed by atoms with Crippen LogP contribution < -0.4 is 0 Å². The Morgan fingerprint density at radius 3 is 2.60 bits per heavy atom. The average molecular weight is 213 g/mol. The molecule has 1 aliphatic carbocycles. The second-order valence-corrected chi connectivity index (χ2v) is 5.23. The molecule has 1 aliphatic rings. The van der Waals surface area contributed by atoms with Crippen molar-refractivity contribution < 1.29 is 5.11 Å². The number of nitrogens with zero attached hydrogens (tertiary/aromatic N) is 1. The molecule has 0 radical (unpaired) electrons. The van der Waals surface area contributed by atoms with Crippen LogP contribution in [-0.4, -0.2) is 35.7 Å². The lowest BCUT2D eigenvalue weighted by molar-refractivity contribution is 0.0512. The maximum atomic E-state index is 10.1. The molecular formula is C13H27NO. The van der Waals surface area contributed by atoms with E-state index in [4.69, 9.17) is 0 Å². The Bertz CT molecular complexity index is 172. The molecule has 2 nitrogen and oxygen atoms in total. The number of rotatable bonds is 4. The number of aliphatic hydroxyl groups is 1. The predicted octanol–water partition coefficient (Wildman–Crippen LogP) is 2.66. The van der Waals surface area contributed by atoms with Crippen molar-refractivity contribution >= 4 is 0 Å². The van der Waals surface area contributed by atoms with Crippen LogP contribution >= 0.6 is 0 Å². The first-order chi connectivity index (χ1) is 7.15. The highest BCUT2D eigenvalue weighted by atomic mass is 16.3. The molecule has 3 atom stereocenters. The average Bonchev–Trinajstić information content (AvgIpc) is 2.42. The minimum absolute atomic E-state index is 0.0958. The van der Waals surface area contributed by atoms with E-state index in [2.05, 4.69) is 25.8 Å². The van der Waals surface area contributed by atoms with E-state index in [1.807, 2.05) is 0 Å². The zero-order valence-corrected chi connectivity index (χ0v) is 10.6. The molecule has 3 unspecified atom stereocenters. The van der Waals surface area contributed by atoms with E-state index in [0.717, 1.165) is 18.9 Å². The van der Waals surface area contributed by atoms with Gasteiger partial charge in [-0.25, -0.2) is 0 Å². The highest BCUT2D eigenvalue weighted by Gasteiger charge is 2.25. The van der Waals surface area contributed by atoms with Crippen LogP contribution in [0.5, 0.6) is 0 Å². The Hall–Kier alpha value is -0.0800. The fourth-order valence-corrected chi connectivity index (χ4v) is 2.54. The molecular weight excluding hydrogens is 186 g/mol. The van der Waals surface area contributed by atoms with Crippen molar-refractivity contribution in [1.82, 2.24) is 4.90 Å². The van der Waals surface area contributed by atoms with Gasteiger partial charge in [0.2, 0.25) is 0 Å². The van der Waals surface area contributed by atoms with E-state index in [-0.39, 0.29) is 6.10 Å². The summed E-state index contributed by atoms with van der Waals surface area (Å²) in [7, 11) is 2.17. The van der Waals surface area contributed by atoms with Gasteiger partial charge in [-0.05, 0) is 25.8 Å². The first kappa shape index (κ1) is 13.0. The summed E-state index contributed by atoms with van der Waals surface area (Å²) in [6.45, 7) is 5.65. The van der Waals surface area contributed by atoms with Crippen LogP contribution in [0.3, 0.4) is 0 Å². The van der Waals surface area contributed by atoms with Gasteiger partial charge in [0.05, 0.1) is 6.10 Å². The molecule has 0 heterocycles. The van der Waals surface area contributed by atoms with E-state index >= 15 is 0 Å². The Balaban J connectivity index is 2.44. The lowest BCUT2D eigenvalue weighted by Crippen LogP contribution is -2.42. The summed E-state index contributed by atoms with van der Waals surface area (Å²) in [5.41, 5.74) is 0. The summed E-state index contributed by atoms with van der Waals surface area (Å²) >= 11 is 0. The SMILES string of the molecule is CCC(C)CN(C)C1CCCCCC1O. The van der Waals surface area contributed by atoms with E-state index in [9.17, 15) is 5.11 Å². The van der Waals surface area contributed by atoms with Crippen LogP contribution in [0, 0.1) is 5.92 Å². The van der Waals surface area contributed by atoms with Crippen molar-refractivity contribution in [1.29, 1.82) is 0 Å². The fourth-order valence-electron chi connectivity index (χ4n) is 2.54. The number of likely N-dealkylation sites (N-methyl/N-ethyl adjacent to an activating group) is 1. The molecule has 0 bridgehead atoms. The van der Waals surface area contributed by atoms with E-state index in [1.165, 1.54) is 32.1 Å². The molecule has 1 N–H and O–H groups in total. The summed E-state index contributed by atoms with van der Waals surface area (Å²) < 4.78 is 0. The standard InChI is InChI=1S/C13H27NO/c1-4-11(2)10-14(3)12-8-6-5-7-9-13(12)15/h11-13,15H,4-10H2,1-3H3. The maximum absolute atomic E-state index is 10.1. The van der Waals surface area contributed by atoms with Crippen LogP contribution in [0.1, 0.15) is 52.4 Å².